The second-order valence-corrected chi connectivity index (χ2v) is 15.0. The number of rotatable bonds is 12. The Kier molecular flexibility index (Phi) is 11.9. The fourth-order valence-electron chi connectivity index (χ4n) is 8.32. The minimum atomic E-state index is -2.28. The van der Waals surface area contributed by atoms with Crippen LogP contribution in [0, 0.1) is 23.2 Å². The monoisotopic (exact) mass is 732 g/mol. The van der Waals surface area contributed by atoms with E-state index >= 15 is 0 Å². The molecule has 3 fully saturated rings. The number of fused-ring (bicyclic) bond motifs is 1. The van der Waals surface area contributed by atoms with Crippen LogP contribution in [0.15, 0.2) is 30.3 Å². The van der Waals surface area contributed by atoms with E-state index in [1.807, 2.05) is 0 Å². The lowest BCUT2D eigenvalue weighted by Gasteiger charge is -2.66. The van der Waals surface area contributed by atoms with E-state index in [0.29, 0.717) is 12.8 Å². The summed E-state index contributed by atoms with van der Waals surface area (Å²) in [5.74, 6) is -7.20. The quantitative estimate of drug-likeness (QED) is 0.241. The van der Waals surface area contributed by atoms with Crippen LogP contribution in [-0.2, 0) is 57.1 Å². The van der Waals surface area contributed by atoms with Crippen molar-refractivity contribution < 1.29 is 67.0 Å². The van der Waals surface area contributed by atoms with Crippen LogP contribution >= 0.6 is 0 Å². The average Bonchev–Trinajstić information content (AvgIpc) is 3.26. The molecule has 3 aliphatic rings. The Hall–Kier alpha value is -4.04. The molecule has 1 N–H and O–H groups in total. The van der Waals surface area contributed by atoms with Crippen molar-refractivity contribution in [3.63, 3.8) is 0 Å². The van der Waals surface area contributed by atoms with E-state index in [4.69, 9.17) is 33.2 Å². The largest absolute Gasteiger partial charge is 0.464 e. The van der Waals surface area contributed by atoms with Crippen molar-refractivity contribution in [1.29, 1.82) is 0 Å². The summed E-state index contributed by atoms with van der Waals surface area (Å²) >= 11 is 0. The molecule has 0 aromatic heterocycles. The van der Waals surface area contributed by atoms with Gasteiger partial charge in [-0.05, 0) is 45.7 Å². The molecule has 1 spiro atoms. The van der Waals surface area contributed by atoms with Gasteiger partial charge in [0.25, 0.3) is 0 Å². The highest BCUT2D eigenvalue weighted by atomic mass is 16.7. The van der Waals surface area contributed by atoms with Gasteiger partial charge in [0, 0.05) is 27.2 Å². The molecule has 2 aliphatic carbocycles. The maximum absolute atomic E-state index is 14.2. The summed E-state index contributed by atoms with van der Waals surface area (Å²) in [6.07, 6.45) is -7.61. The summed E-state index contributed by atoms with van der Waals surface area (Å²) < 4.78 is 43.5. The van der Waals surface area contributed by atoms with Gasteiger partial charge in [-0.3, -0.25) is 24.0 Å². The van der Waals surface area contributed by atoms with Crippen LogP contribution in [0.2, 0.25) is 0 Å². The molecule has 1 aromatic rings. The zero-order valence-electron chi connectivity index (χ0n) is 31.6. The first-order valence-corrected chi connectivity index (χ1v) is 17.8. The van der Waals surface area contributed by atoms with E-state index < -0.39 is 119 Å². The second-order valence-electron chi connectivity index (χ2n) is 15.0. The minimum Gasteiger partial charge on any atom is -0.464 e. The number of aliphatic hydroxyl groups is 1. The molecule has 288 valence electrons. The van der Waals surface area contributed by atoms with Crippen LogP contribution < -0.4 is 0 Å². The number of hydrogen-bond acceptors (Lipinski definition) is 14. The number of carbonyl (C=O) groups is 6. The van der Waals surface area contributed by atoms with Crippen molar-refractivity contribution in [2.24, 2.45) is 23.2 Å². The first-order valence-electron chi connectivity index (χ1n) is 17.8. The number of hydrogen-bond donors (Lipinski definition) is 1. The summed E-state index contributed by atoms with van der Waals surface area (Å²) in [5, 5.41) is 12.8. The van der Waals surface area contributed by atoms with Gasteiger partial charge in [0.1, 0.15) is 30.3 Å². The van der Waals surface area contributed by atoms with Crippen molar-refractivity contribution >= 4 is 35.8 Å². The number of carbonyl (C=O) groups excluding carboxylic acids is 6. The third-order valence-corrected chi connectivity index (χ3v) is 10.9. The van der Waals surface area contributed by atoms with Gasteiger partial charge < -0.3 is 38.3 Å². The summed E-state index contributed by atoms with van der Waals surface area (Å²) in [5.41, 5.74) is -8.01. The standard InChI is InChI=1S/C38H52O14/c1-11-20(3)32(42)46-19-37-29(48-23(6)40)26(47-22(5)39)18-36(10,45)38(37)30(49-24(7)41)27(35(8,9)52-38)28(50-33(43)21(4)12-2)31(37)51-34(44)25-16-14-13-15-17-25/h13-17,20-21,26-31,45H,11-12,18-19H2,1-10H3/t20-,21-,26+,27-,28-,29+,30-,31+,36+,37+,38+/m1/s1. The van der Waals surface area contributed by atoms with Crippen LogP contribution in [0.5, 0.6) is 0 Å². The highest BCUT2D eigenvalue weighted by Crippen LogP contribution is 2.69. The van der Waals surface area contributed by atoms with Crippen LogP contribution in [-0.4, -0.2) is 94.9 Å². The van der Waals surface area contributed by atoms with Gasteiger partial charge in [-0.25, -0.2) is 4.79 Å². The van der Waals surface area contributed by atoms with E-state index in [1.165, 1.54) is 19.1 Å². The van der Waals surface area contributed by atoms with Gasteiger partial charge in [-0.2, -0.15) is 0 Å². The fourth-order valence-corrected chi connectivity index (χ4v) is 8.32. The molecule has 2 saturated carbocycles. The molecule has 1 heterocycles. The summed E-state index contributed by atoms with van der Waals surface area (Å²) in [4.78, 5) is 80.3. The predicted octanol–water partition coefficient (Wildman–Crippen LogP) is 3.87. The van der Waals surface area contributed by atoms with Gasteiger partial charge in [-0.15, -0.1) is 0 Å². The lowest BCUT2D eigenvalue weighted by Crippen LogP contribution is -2.85. The van der Waals surface area contributed by atoms with E-state index in [2.05, 4.69) is 0 Å². The predicted molar refractivity (Wildman–Crippen MR) is 181 cm³/mol. The van der Waals surface area contributed by atoms with Crippen molar-refractivity contribution in [2.45, 2.75) is 136 Å². The minimum absolute atomic E-state index is 0.0908. The molecule has 1 saturated heterocycles. The third kappa shape index (κ3) is 7.03. The van der Waals surface area contributed by atoms with Crippen molar-refractivity contribution in [3.05, 3.63) is 35.9 Å². The molecule has 0 radical (unpaired) electrons. The molecule has 4 rings (SSSR count). The molecule has 1 aliphatic heterocycles. The van der Waals surface area contributed by atoms with E-state index in [0.717, 1.165) is 20.8 Å². The van der Waals surface area contributed by atoms with E-state index in [-0.39, 0.29) is 5.56 Å². The topological polar surface area (TPSA) is 187 Å². The maximum Gasteiger partial charge on any atom is 0.338 e. The Morgan fingerprint density at radius 2 is 1.31 bits per heavy atom. The zero-order chi connectivity index (χ0) is 39.0. The van der Waals surface area contributed by atoms with Crippen LogP contribution in [0.3, 0.4) is 0 Å². The van der Waals surface area contributed by atoms with E-state index in [1.54, 1.807) is 59.7 Å². The Bertz CT molecular complexity index is 1540. The summed E-state index contributed by atoms with van der Waals surface area (Å²) in [6, 6.07) is 7.91. The number of esters is 6. The Balaban J connectivity index is 2.20. The summed E-state index contributed by atoms with van der Waals surface area (Å²) in [6.45, 7) is 14.1. The van der Waals surface area contributed by atoms with Gasteiger partial charge >= 0.3 is 35.8 Å². The lowest BCUT2D eigenvalue weighted by molar-refractivity contribution is -0.363. The highest BCUT2D eigenvalue weighted by Gasteiger charge is 2.89. The third-order valence-electron chi connectivity index (χ3n) is 10.9. The Morgan fingerprint density at radius 1 is 0.769 bits per heavy atom. The van der Waals surface area contributed by atoms with Crippen molar-refractivity contribution in [3.8, 4) is 0 Å². The van der Waals surface area contributed by atoms with Gasteiger partial charge in [0.15, 0.2) is 17.8 Å². The van der Waals surface area contributed by atoms with Gasteiger partial charge in [0.05, 0.1) is 34.5 Å². The normalized spacial score (nSPS) is 34.1. The van der Waals surface area contributed by atoms with E-state index in [9.17, 15) is 33.9 Å². The van der Waals surface area contributed by atoms with Gasteiger partial charge in [0.2, 0.25) is 0 Å². The fraction of sp³-hybridized carbons (Fsp3) is 0.684. The SMILES string of the molecule is CC[C@@H](C)C(=O)OC[C@]12[C@@H](OC(=O)c3ccccc3)[C@H](OC(=O)[C@H](C)CC)[C@@H]3[C@@H](OC(C)=O)[C@]1(OC3(C)C)[C@@](C)(O)C[C@H](OC(C)=O)[C@@H]2OC(C)=O. The molecular formula is C38H52O14. The number of benzene rings is 1. The van der Waals surface area contributed by atoms with Crippen LogP contribution in [0.4, 0.5) is 0 Å². The molecule has 0 unspecified atom stereocenters. The Morgan fingerprint density at radius 3 is 1.85 bits per heavy atom. The van der Waals surface area contributed by atoms with Crippen molar-refractivity contribution in [2.75, 3.05) is 6.61 Å². The lowest BCUT2D eigenvalue weighted by atomic mass is 9.45. The molecule has 11 atom stereocenters. The highest BCUT2D eigenvalue weighted by molar-refractivity contribution is 5.89. The molecular weight excluding hydrogens is 680 g/mol. The average molecular weight is 733 g/mol. The second kappa shape index (κ2) is 15.1. The molecule has 2 bridgehead atoms. The first kappa shape index (κ1) is 40.7. The maximum atomic E-state index is 14.2. The molecule has 0 amide bonds. The molecule has 52 heavy (non-hydrogen) atoms. The molecule has 14 heteroatoms. The van der Waals surface area contributed by atoms with Crippen LogP contribution in [0.1, 0.15) is 98.9 Å². The summed E-state index contributed by atoms with van der Waals surface area (Å²) in [7, 11) is 0. The zero-order valence-corrected chi connectivity index (χ0v) is 31.6. The van der Waals surface area contributed by atoms with Crippen LogP contribution in [0.25, 0.3) is 0 Å². The molecule has 1 aromatic carbocycles. The molecule has 14 nitrogen and oxygen atoms in total. The number of ether oxygens (including phenoxy) is 7. The van der Waals surface area contributed by atoms with Gasteiger partial charge in [-0.1, -0.05) is 45.9 Å². The smallest absolute Gasteiger partial charge is 0.338 e. The van der Waals surface area contributed by atoms with Crippen molar-refractivity contribution in [1.82, 2.24) is 0 Å². The Labute approximate surface area is 304 Å². The first-order chi connectivity index (χ1) is 24.2.